The van der Waals surface area contributed by atoms with Gasteiger partial charge in [-0.05, 0) is 24.8 Å². The van der Waals surface area contributed by atoms with E-state index in [1.807, 2.05) is 13.8 Å². The molecular formula is C11H14FNO. The van der Waals surface area contributed by atoms with Crippen molar-refractivity contribution in [2.45, 2.75) is 38.7 Å². The summed E-state index contributed by atoms with van der Waals surface area (Å²) < 4.78 is 18.8. The second-order valence-electron chi connectivity index (χ2n) is 4.01. The van der Waals surface area contributed by atoms with Crippen LogP contribution in [-0.4, -0.2) is 11.1 Å². The van der Waals surface area contributed by atoms with E-state index in [0.29, 0.717) is 0 Å². The monoisotopic (exact) mass is 195 g/mol. The van der Waals surface area contributed by atoms with Crippen LogP contribution in [0.5, 0.6) is 5.75 Å². The molecule has 0 aromatic carbocycles. The van der Waals surface area contributed by atoms with Crippen molar-refractivity contribution in [3.8, 4) is 5.75 Å². The maximum Gasteiger partial charge on any atom is 0.173 e. The van der Waals surface area contributed by atoms with Crippen molar-refractivity contribution >= 4 is 0 Å². The summed E-state index contributed by atoms with van der Waals surface area (Å²) in [6.45, 7) is 3.98. The Balaban J connectivity index is 2.17. The van der Waals surface area contributed by atoms with Crippen molar-refractivity contribution in [2.24, 2.45) is 0 Å². The lowest BCUT2D eigenvalue weighted by atomic mass is 10.1. The molecule has 1 heterocycles. The molecule has 1 saturated carbocycles. The molecule has 1 aromatic rings. The molecule has 0 amide bonds. The Morgan fingerprint density at radius 1 is 1.50 bits per heavy atom. The fraction of sp³-hybridized carbons (Fsp3) is 0.545. The summed E-state index contributed by atoms with van der Waals surface area (Å²) in [7, 11) is 0. The molecule has 1 aromatic heterocycles. The molecule has 1 fully saturated rings. The first-order valence-electron chi connectivity index (χ1n) is 4.99. The summed E-state index contributed by atoms with van der Waals surface area (Å²) in [6, 6.07) is 1.46. The summed E-state index contributed by atoms with van der Waals surface area (Å²) in [5.74, 6) is 0.243. The van der Waals surface area contributed by atoms with E-state index >= 15 is 0 Å². The van der Waals surface area contributed by atoms with Gasteiger partial charge >= 0.3 is 0 Å². The Morgan fingerprint density at radius 3 is 2.71 bits per heavy atom. The largest absolute Gasteiger partial charge is 0.486 e. The third kappa shape index (κ3) is 2.03. The van der Waals surface area contributed by atoms with Crippen LogP contribution in [0.2, 0.25) is 0 Å². The highest BCUT2D eigenvalue weighted by atomic mass is 19.1. The van der Waals surface area contributed by atoms with E-state index in [4.69, 9.17) is 4.74 Å². The van der Waals surface area contributed by atoms with E-state index in [-0.39, 0.29) is 23.6 Å². The molecule has 0 spiro atoms. The smallest absolute Gasteiger partial charge is 0.173 e. The maximum atomic E-state index is 13.4. The third-order valence-corrected chi connectivity index (χ3v) is 2.25. The summed E-state index contributed by atoms with van der Waals surface area (Å²) in [6.07, 6.45) is 3.77. The first kappa shape index (κ1) is 9.44. The third-order valence-electron chi connectivity index (χ3n) is 2.25. The standard InChI is InChI=1S/C11H14FNO/c1-7(2)10-5-9(12)11(6-13-10)14-8-3-4-8/h5-8H,3-4H2,1-2H3. The Morgan fingerprint density at radius 2 is 2.21 bits per heavy atom. The highest BCUT2D eigenvalue weighted by molar-refractivity contribution is 5.24. The summed E-state index contributed by atoms with van der Waals surface area (Å²) >= 11 is 0. The molecule has 2 nitrogen and oxygen atoms in total. The number of ether oxygens (including phenoxy) is 1. The summed E-state index contributed by atoms with van der Waals surface area (Å²) in [5.41, 5.74) is 0.769. The normalized spacial score (nSPS) is 16.0. The summed E-state index contributed by atoms with van der Waals surface area (Å²) in [4.78, 5) is 4.15. The molecule has 0 aliphatic heterocycles. The lowest BCUT2D eigenvalue weighted by Crippen LogP contribution is -2.01. The van der Waals surface area contributed by atoms with E-state index in [9.17, 15) is 4.39 Å². The molecule has 3 heteroatoms. The predicted octanol–water partition coefficient (Wildman–Crippen LogP) is 2.89. The fourth-order valence-electron chi connectivity index (χ4n) is 1.20. The summed E-state index contributed by atoms with van der Waals surface area (Å²) in [5, 5.41) is 0. The molecular weight excluding hydrogens is 181 g/mol. The lowest BCUT2D eigenvalue weighted by molar-refractivity contribution is 0.285. The Bertz CT molecular complexity index is 334. The van der Waals surface area contributed by atoms with Crippen LogP contribution in [-0.2, 0) is 0 Å². The molecule has 0 unspecified atom stereocenters. The van der Waals surface area contributed by atoms with Gasteiger partial charge in [-0.2, -0.15) is 0 Å². The second kappa shape index (κ2) is 3.56. The molecule has 0 N–H and O–H groups in total. The van der Waals surface area contributed by atoms with Crippen molar-refractivity contribution in [3.63, 3.8) is 0 Å². The minimum Gasteiger partial charge on any atom is -0.486 e. The van der Waals surface area contributed by atoms with E-state index in [2.05, 4.69) is 4.98 Å². The molecule has 0 radical (unpaired) electrons. The zero-order chi connectivity index (χ0) is 10.1. The van der Waals surface area contributed by atoms with Gasteiger partial charge < -0.3 is 4.74 Å². The number of halogens is 1. The van der Waals surface area contributed by atoms with E-state index in [1.54, 1.807) is 0 Å². The number of hydrogen-bond donors (Lipinski definition) is 0. The molecule has 1 aliphatic carbocycles. The van der Waals surface area contributed by atoms with Gasteiger partial charge in [-0.25, -0.2) is 4.39 Å². The van der Waals surface area contributed by atoms with Gasteiger partial charge in [0.25, 0.3) is 0 Å². The minimum absolute atomic E-state index is 0.219. The fourth-order valence-corrected chi connectivity index (χ4v) is 1.20. The lowest BCUT2D eigenvalue weighted by Gasteiger charge is -2.08. The average Bonchev–Trinajstić information content (AvgIpc) is 2.92. The van der Waals surface area contributed by atoms with E-state index in [0.717, 1.165) is 18.5 Å². The van der Waals surface area contributed by atoms with Crippen LogP contribution in [0.25, 0.3) is 0 Å². The SMILES string of the molecule is CC(C)c1cc(F)c(OC2CC2)cn1. The van der Waals surface area contributed by atoms with Crippen molar-refractivity contribution in [1.29, 1.82) is 0 Å². The molecule has 0 bridgehead atoms. The van der Waals surface area contributed by atoms with Gasteiger partial charge in [0.2, 0.25) is 0 Å². The quantitative estimate of drug-likeness (QED) is 0.739. The van der Waals surface area contributed by atoms with Crippen molar-refractivity contribution in [3.05, 3.63) is 23.8 Å². The second-order valence-corrected chi connectivity index (χ2v) is 4.01. The van der Waals surface area contributed by atoms with Crippen LogP contribution < -0.4 is 4.74 Å². The van der Waals surface area contributed by atoms with Crippen molar-refractivity contribution in [1.82, 2.24) is 4.98 Å². The van der Waals surface area contributed by atoms with Crippen molar-refractivity contribution in [2.75, 3.05) is 0 Å². The van der Waals surface area contributed by atoms with Gasteiger partial charge in [-0.3, -0.25) is 4.98 Å². The molecule has 76 valence electrons. The van der Waals surface area contributed by atoms with Gasteiger partial charge in [0.1, 0.15) is 0 Å². The molecule has 0 atom stereocenters. The maximum absolute atomic E-state index is 13.4. The first-order valence-corrected chi connectivity index (χ1v) is 4.99. The number of pyridine rings is 1. The Labute approximate surface area is 83.1 Å². The van der Waals surface area contributed by atoms with Crippen LogP contribution in [0.1, 0.15) is 38.3 Å². The number of rotatable bonds is 3. The average molecular weight is 195 g/mol. The van der Waals surface area contributed by atoms with E-state index < -0.39 is 0 Å². The molecule has 14 heavy (non-hydrogen) atoms. The van der Waals surface area contributed by atoms with Gasteiger partial charge in [0.15, 0.2) is 11.6 Å². The van der Waals surface area contributed by atoms with Gasteiger partial charge in [-0.1, -0.05) is 13.8 Å². The molecule has 2 rings (SSSR count). The number of aromatic nitrogens is 1. The Hall–Kier alpha value is -1.12. The first-order chi connectivity index (χ1) is 6.66. The zero-order valence-corrected chi connectivity index (χ0v) is 8.46. The van der Waals surface area contributed by atoms with E-state index in [1.165, 1.54) is 12.3 Å². The number of nitrogens with zero attached hydrogens (tertiary/aromatic N) is 1. The van der Waals surface area contributed by atoms with Crippen LogP contribution >= 0.6 is 0 Å². The van der Waals surface area contributed by atoms with Crippen molar-refractivity contribution < 1.29 is 9.13 Å². The molecule has 1 aliphatic rings. The molecule has 0 saturated heterocycles. The highest BCUT2D eigenvalue weighted by Gasteiger charge is 2.25. The minimum atomic E-state index is -0.296. The number of hydrogen-bond acceptors (Lipinski definition) is 2. The topological polar surface area (TPSA) is 22.1 Å². The van der Waals surface area contributed by atoms with Gasteiger partial charge in [0.05, 0.1) is 12.3 Å². The predicted molar refractivity (Wildman–Crippen MR) is 51.9 cm³/mol. The van der Waals surface area contributed by atoms with Gasteiger partial charge in [-0.15, -0.1) is 0 Å². The van der Waals surface area contributed by atoms with Gasteiger partial charge in [0, 0.05) is 5.69 Å². The van der Waals surface area contributed by atoms with Crippen LogP contribution in [0, 0.1) is 5.82 Å². The highest BCUT2D eigenvalue weighted by Crippen LogP contribution is 2.28. The Kier molecular flexibility index (Phi) is 2.40. The van der Waals surface area contributed by atoms with Crippen LogP contribution in [0.4, 0.5) is 4.39 Å². The van der Waals surface area contributed by atoms with Crippen LogP contribution in [0.15, 0.2) is 12.3 Å². The van der Waals surface area contributed by atoms with Crippen LogP contribution in [0.3, 0.4) is 0 Å². The zero-order valence-electron chi connectivity index (χ0n) is 8.46.